The number of aromatic nitrogens is 2. The fourth-order valence-electron chi connectivity index (χ4n) is 1.80. The van der Waals surface area contributed by atoms with E-state index in [2.05, 4.69) is 22.2 Å². The van der Waals surface area contributed by atoms with Crippen LogP contribution in [0.1, 0.15) is 19.2 Å². The Morgan fingerprint density at radius 2 is 2.16 bits per heavy atom. The van der Waals surface area contributed by atoms with Crippen LogP contribution >= 0.6 is 24.0 Å². The van der Waals surface area contributed by atoms with E-state index in [4.69, 9.17) is 5.73 Å². The van der Waals surface area contributed by atoms with E-state index in [0.29, 0.717) is 12.5 Å². The standard InChI is InChI=1S/C13H19N5.HI/c1-3-8-15-13(14)16-9-12-17-10-6-4-5-7-11(10)18(12)2;/h4-7H,3,8-9H2,1-2H3,(H3,14,15,16);1H. The second-order valence-electron chi connectivity index (χ2n) is 4.20. The number of aryl methyl sites for hydroxylation is 1. The maximum absolute atomic E-state index is 5.75. The van der Waals surface area contributed by atoms with Crippen molar-refractivity contribution in [3.05, 3.63) is 30.1 Å². The largest absolute Gasteiger partial charge is 0.370 e. The van der Waals surface area contributed by atoms with Crippen LogP contribution in [0, 0.1) is 0 Å². The van der Waals surface area contributed by atoms with E-state index in [1.807, 2.05) is 35.9 Å². The zero-order chi connectivity index (χ0) is 13.0. The van der Waals surface area contributed by atoms with Crippen LogP contribution in [0.3, 0.4) is 0 Å². The first-order valence-electron chi connectivity index (χ1n) is 6.16. The lowest BCUT2D eigenvalue weighted by atomic mass is 10.3. The zero-order valence-electron chi connectivity index (χ0n) is 11.3. The highest BCUT2D eigenvalue weighted by atomic mass is 127. The molecular weight excluding hydrogens is 353 g/mol. The van der Waals surface area contributed by atoms with Crippen molar-refractivity contribution >= 4 is 41.0 Å². The summed E-state index contributed by atoms with van der Waals surface area (Å²) < 4.78 is 2.05. The molecule has 1 aromatic heterocycles. The van der Waals surface area contributed by atoms with Crippen molar-refractivity contribution < 1.29 is 0 Å². The monoisotopic (exact) mass is 373 g/mol. The minimum atomic E-state index is 0. The number of nitrogens with one attached hydrogen (secondary N) is 1. The number of nitrogens with two attached hydrogens (primary N) is 1. The average Bonchev–Trinajstić information content (AvgIpc) is 2.71. The number of imidazole rings is 1. The highest BCUT2D eigenvalue weighted by Crippen LogP contribution is 2.14. The molecule has 19 heavy (non-hydrogen) atoms. The van der Waals surface area contributed by atoms with Crippen LogP contribution in [0.25, 0.3) is 11.0 Å². The minimum absolute atomic E-state index is 0. The van der Waals surface area contributed by atoms with Crippen LogP contribution in [-0.4, -0.2) is 22.1 Å². The number of nitrogens with zero attached hydrogens (tertiary/aromatic N) is 3. The number of benzene rings is 1. The molecule has 104 valence electrons. The highest BCUT2D eigenvalue weighted by molar-refractivity contribution is 14.0. The second-order valence-corrected chi connectivity index (χ2v) is 4.20. The van der Waals surface area contributed by atoms with Crippen molar-refractivity contribution in [3.8, 4) is 0 Å². The molecule has 0 saturated heterocycles. The van der Waals surface area contributed by atoms with Gasteiger partial charge in [-0.1, -0.05) is 19.1 Å². The van der Waals surface area contributed by atoms with Crippen molar-refractivity contribution in [1.29, 1.82) is 0 Å². The Kier molecular flexibility index (Phi) is 6.07. The minimum Gasteiger partial charge on any atom is -0.370 e. The molecule has 3 N–H and O–H groups in total. The molecular formula is C13H20IN5. The Morgan fingerprint density at radius 3 is 2.84 bits per heavy atom. The molecule has 2 aromatic rings. The lowest BCUT2D eigenvalue weighted by Gasteiger charge is -2.03. The van der Waals surface area contributed by atoms with Crippen LogP contribution in [0.15, 0.2) is 29.3 Å². The fraction of sp³-hybridized carbons (Fsp3) is 0.385. The molecule has 0 unspecified atom stereocenters. The van der Waals surface area contributed by atoms with Crippen molar-refractivity contribution in [2.45, 2.75) is 19.9 Å². The summed E-state index contributed by atoms with van der Waals surface area (Å²) in [5, 5.41) is 3.05. The van der Waals surface area contributed by atoms with Gasteiger partial charge in [0.25, 0.3) is 0 Å². The van der Waals surface area contributed by atoms with Gasteiger partial charge in [-0.2, -0.15) is 0 Å². The van der Waals surface area contributed by atoms with Gasteiger partial charge in [0.2, 0.25) is 0 Å². The van der Waals surface area contributed by atoms with Gasteiger partial charge in [0.05, 0.1) is 11.0 Å². The van der Waals surface area contributed by atoms with E-state index in [-0.39, 0.29) is 24.0 Å². The highest BCUT2D eigenvalue weighted by Gasteiger charge is 2.05. The molecule has 0 aliphatic rings. The van der Waals surface area contributed by atoms with E-state index in [1.165, 1.54) is 0 Å². The van der Waals surface area contributed by atoms with E-state index in [1.54, 1.807) is 0 Å². The molecule has 5 nitrogen and oxygen atoms in total. The smallest absolute Gasteiger partial charge is 0.189 e. The van der Waals surface area contributed by atoms with Crippen LogP contribution in [0.2, 0.25) is 0 Å². The molecule has 0 atom stereocenters. The van der Waals surface area contributed by atoms with Gasteiger partial charge in [0.15, 0.2) is 5.96 Å². The molecule has 0 spiro atoms. The quantitative estimate of drug-likeness (QED) is 0.490. The summed E-state index contributed by atoms with van der Waals surface area (Å²) in [5.41, 5.74) is 7.86. The molecule has 2 rings (SSSR count). The third kappa shape index (κ3) is 3.82. The number of fused-ring (bicyclic) bond motifs is 1. The van der Waals surface area contributed by atoms with Crippen LogP contribution in [0.5, 0.6) is 0 Å². The molecule has 1 heterocycles. The lowest BCUT2D eigenvalue weighted by Crippen LogP contribution is -2.32. The Bertz CT molecular complexity index is 561. The van der Waals surface area contributed by atoms with Gasteiger partial charge >= 0.3 is 0 Å². The molecule has 6 heteroatoms. The summed E-state index contributed by atoms with van der Waals surface area (Å²) in [7, 11) is 2.00. The predicted octanol–water partition coefficient (Wildman–Crippen LogP) is 2.01. The Labute approximate surface area is 130 Å². The number of hydrogen-bond acceptors (Lipinski definition) is 2. The number of aliphatic imine (C=N–C) groups is 1. The molecule has 0 saturated carbocycles. The summed E-state index contributed by atoms with van der Waals surface area (Å²) in [6, 6.07) is 8.04. The first kappa shape index (κ1) is 15.7. The maximum Gasteiger partial charge on any atom is 0.189 e. The summed E-state index contributed by atoms with van der Waals surface area (Å²) >= 11 is 0. The van der Waals surface area contributed by atoms with Gasteiger partial charge in [-0.3, -0.25) is 0 Å². The van der Waals surface area contributed by atoms with E-state index < -0.39 is 0 Å². The predicted molar refractivity (Wildman–Crippen MR) is 89.7 cm³/mol. The zero-order valence-corrected chi connectivity index (χ0v) is 13.6. The second kappa shape index (κ2) is 7.32. The Balaban J connectivity index is 0.00000180. The van der Waals surface area contributed by atoms with Gasteiger partial charge in [-0.25, -0.2) is 9.98 Å². The first-order valence-corrected chi connectivity index (χ1v) is 6.16. The SMILES string of the molecule is CCCNC(N)=NCc1nc2ccccc2n1C.I. The summed E-state index contributed by atoms with van der Waals surface area (Å²) in [6.45, 7) is 3.43. The van der Waals surface area contributed by atoms with Crippen molar-refractivity contribution in [1.82, 2.24) is 14.9 Å². The van der Waals surface area contributed by atoms with Crippen LogP contribution in [0.4, 0.5) is 0 Å². The Hall–Kier alpha value is -1.31. The summed E-state index contributed by atoms with van der Waals surface area (Å²) in [4.78, 5) is 8.83. The summed E-state index contributed by atoms with van der Waals surface area (Å²) in [6.07, 6.45) is 1.03. The topological polar surface area (TPSA) is 68.2 Å². The normalized spacial score (nSPS) is 11.4. The number of halogens is 1. The maximum atomic E-state index is 5.75. The lowest BCUT2D eigenvalue weighted by molar-refractivity contribution is 0.791. The number of hydrogen-bond donors (Lipinski definition) is 2. The molecule has 0 aliphatic heterocycles. The first-order chi connectivity index (χ1) is 8.72. The van der Waals surface area contributed by atoms with Gasteiger partial charge in [0.1, 0.15) is 12.4 Å². The van der Waals surface area contributed by atoms with E-state index in [0.717, 1.165) is 29.8 Å². The Morgan fingerprint density at radius 1 is 1.42 bits per heavy atom. The van der Waals surface area contributed by atoms with E-state index in [9.17, 15) is 0 Å². The number of para-hydroxylation sites is 2. The number of guanidine groups is 1. The van der Waals surface area contributed by atoms with Gasteiger partial charge in [-0.05, 0) is 18.6 Å². The van der Waals surface area contributed by atoms with Gasteiger partial charge in [-0.15, -0.1) is 24.0 Å². The van der Waals surface area contributed by atoms with Gasteiger partial charge in [0, 0.05) is 13.6 Å². The van der Waals surface area contributed by atoms with Crippen LogP contribution in [-0.2, 0) is 13.6 Å². The molecule has 0 aliphatic carbocycles. The van der Waals surface area contributed by atoms with E-state index >= 15 is 0 Å². The molecule has 0 amide bonds. The van der Waals surface area contributed by atoms with Crippen molar-refractivity contribution in [2.75, 3.05) is 6.54 Å². The van der Waals surface area contributed by atoms with Crippen molar-refractivity contribution in [2.24, 2.45) is 17.8 Å². The van der Waals surface area contributed by atoms with Gasteiger partial charge < -0.3 is 15.6 Å². The summed E-state index contributed by atoms with van der Waals surface area (Å²) in [5.74, 6) is 1.39. The number of rotatable bonds is 4. The molecule has 0 bridgehead atoms. The fourth-order valence-corrected chi connectivity index (χ4v) is 1.80. The molecule has 0 fully saturated rings. The van der Waals surface area contributed by atoms with Crippen LogP contribution < -0.4 is 11.1 Å². The molecule has 1 aromatic carbocycles. The average molecular weight is 373 g/mol. The van der Waals surface area contributed by atoms with Crippen molar-refractivity contribution in [3.63, 3.8) is 0 Å². The third-order valence-electron chi connectivity index (χ3n) is 2.83. The third-order valence-corrected chi connectivity index (χ3v) is 2.83. The molecule has 0 radical (unpaired) electrons.